The Morgan fingerprint density at radius 2 is 1.94 bits per heavy atom. The van der Waals surface area contributed by atoms with Gasteiger partial charge in [-0.25, -0.2) is 9.97 Å². The minimum absolute atomic E-state index is 0.0667. The zero-order valence-corrected chi connectivity index (χ0v) is 9.85. The Kier molecular flexibility index (Phi) is 3.52. The number of hydrogen-bond donors (Lipinski definition) is 0. The average Bonchev–Trinajstić information content (AvgIpc) is 2.30. The van der Waals surface area contributed by atoms with Gasteiger partial charge in [0.15, 0.2) is 0 Å². The summed E-state index contributed by atoms with van der Waals surface area (Å²) in [4.78, 5) is 8.55. The molecular formula is C13H13ClN2. The Bertz CT molecular complexity index is 456. The molecule has 0 spiro atoms. The maximum atomic E-state index is 6.31. The summed E-state index contributed by atoms with van der Waals surface area (Å²) in [6, 6.07) is 11.9. The van der Waals surface area contributed by atoms with E-state index in [1.54, 1.807) is 6.20 Å². The van der Waals surface area contributed by atoms with Gasteiger partial charge in [-0.15, -0.1) is 11.6 Å². The number of benzene rings is 1. The van der Waals surface area contributed by atoms with Gasteiger partial charge in [-0.05, 0) is 18.6 Å². The third-order valence-electron chi connectivity index (χ3n) is 2.37. The van der Waals surface area contributed by atoms with Gasteiger partial charge < -0.3 is 0 Å². The smallest absolute Gasteiger partial charge is 0.130 e. The van der Waals surface area contributed by atoms with Crippen molar-refractivity contribution in [3.05, 3.63) is 59.7 Å². The molecule has 1 unspecified atom stereocenters. The first-order valence-corrected chi connectivity index (χ1v) is 5.67. The Balaban J connectivity index is 2.11. The van der Waals surface area contributed by atoms with Crippen LogP contribution in [0.5, 0.6) is 0 Å². The molecule has 2 nitrogen and oxygen atoms in total. The highest BCUT2D eigenvalue weighted by molar-refractivity contribution is 6.20. The van der Waals surface area contributed by atoms with E-state index in [4.69, 9.17) is 11.6 Å². The Morgan fingerprint density at radius 3 is 2.62 bits per heavy atom. The molecule has 0 fully saturated rings. The molecule has 0 N–H and O–H groups in total. The maximum absolute atomic E-state index is 6.31. The summed E-state index contributed by atoms with van der Waals surface area (Å²) in [6.07, 6.45) is 2.43. The lowest BCUT2D eigenvalue weighted by atomic mass is 10.1. The van der Waals surface area contributed by atoms with Gasteiger partial charge in [0.2, 0.25) is 0 Å². The van der Waals surface area contributed by atoms with Crippen molar-refractivity contribution < 1.29 is 0 Å². The van der Waals surface area contributed by atoms with Crippen LogP contribution in [-0.4, -0.2) is 9.97 Å². The van der Waals surface area contributed by atoms with Gasteiger partial charge in [-0.2, -0.15) is 0 Å². The van der Waals surface area contributed by atoms with E-state index in [-0.39, 0.29) is 5.38 Å². The van der Waals surface area contributed by atoms with Crippen LogP contribution in [0.15, 0.2) is 42.6 Å². The summed E-state index contributed by atoms with van der Waals surface area (Å²) in [6.45, 7) is 1.96. The van der Waals surface area contributed by atoms with Crippen LogP contribution in [0.25, 0.3) is 0 Å². The van der Waals surface area contributed by atoms with E-state index in [2.05, 4.69) is 9.97 Å². The summed E-state index contributed by atoms with van der Waals surface area (Å²) >= 11 is 6.31. The normalized spacial score (nSPS) is 12.4. The number of hydrogen-bond acceptors (Lipinski definition) is 2. The predicted octanol–water partition coefficient (Wildman–Crippen LogP) is 3.31. The largest absolute Gasteiger partial charge is 0.241 e. The first-order valence-electron chi connectivity index (χ1n) is 5.23. The second-order valence-corrected chi connectivity index (χ2v) is 4.22. The Hall–Kier alpha value is -1.41. The van der Waals surface area contributed by atoms with Gasteiger partial charge in [0.05, 0.1) is 5.38 Å². The van der Waals surface area contributed by atoms with Gasteiger partial charge in [0.25, 0.3) is 0 Å². The van der Waals surface area contributed by atoms with Crippen LogP contribution in [0, 0.1) is 6.92 Å². The lowest BCUT2D eigenvalue weighted by Gasteiger charge is -2.08. The average molecular weight is 233 g/mol. The molecule has 0 radical (unpaired) electrons. The van der Waals surface area contributed by atoms with Crippen LogP contribution in [0.1, 0.15) is 22.5 Å². The second-order valence-electron chi connectivity index (χ2n) is 3.70. The molecule has 1 atom stereocenters. The second kappa shape index (κ2) is 5.08. The standard InChI is InChI=1S/C13H13ClN2/c1-10-7-8-15-13(16-10)9-12(14)11-5-3-2-4-6-11/h2-8,12H,9H2,1H3. The molecule has 0 aliphatic rings. The van der Waals surface area contributed by atoms with Crippen LogP contribution in [0.4, 0.5) is 0 Å². The van der Waals surface area contributed by atoms with Crippen molar-refractivity contribution in [1.29, 1.82) is 0 Å². The molecule has 0 amide bonds. The van der Waals surface area contributed by atoms with Crippen molar-refractivity contribution in [3.8, 4) is 0 Å². The number of alkyl halides is 1. The zero-order chi connectivity index (χ0) is 11.4. The van der Waals surface area contributed by atoms with Crippen molar-refractivity contribution in [2.75, 3.05) is 0 Å². The molecule has 0 saturated heterocycles. The van der Waals surface area contributed by atoms with Gasteiger partial charge in [-0.1, -0.05) is 30.3 Å². The summed E-state index contributed by atoms with van der Waals surface area (Å²) in [5.41, 5.74) is 2.08. The third kappa shape index (κ3) is 2.80. The number of aryl methyl sites for hydroxylation is 1. The summed E-state index contributed by atoms with van der Waals surface area (Å²) in [7, 11) is 0. The van der Waals surface area contributed by atoms with E-state index < -0.39 is 0 Å². The van der Waals surface area contributed by atoms with Crippen LogP contribution in [0.3, 0.4) is 0 Å². The number of rotatable bonds is 3. The summed E-state index contributed by atoms with van der Waals surface area (Å²) in [5.74, 6) is 0.795. The van der Waals surface area contributed by atoms with E-state index >= 15 is 0 Å². The molecule has 1 heterocycles. The topological polar surface area (TPSA) is 25.8 Å². The Morgan fingerprint density at radius 1 is 1.19 bits per heavy atom. The van der Waals surface area contributed by atoms with E-state index in [0.717, 1.165) is 17.1 Å². The molecule has 2 aromatic rings. The fraction of sp³-hybridized carbons (Fsp3) is 0.231. The number of halogens is 1. The molecule has 3 heteroatoms. The summed E-state index contributed by atoms with van der Waals surface area (Å²) in [5, 5.41) is -0.0667. The predicted molar refractivity (Wildman–Crippen MR) is 65.5 cm³/mol. The lowest BCUT2D eigenvalue weighted by molar-refractivity contribution is 0.823. The minimum atomic E-state index is -0.0667. The Labute approximate surface area is 100 Å². The van der Waals surface area contributed by atoms with Crippen molar-refractivity contribution in [2.45, 2.75) is 18.7 Å². The van der Waals surface area contributed by atoms with E-state index in [1.165, 1.54) is 0 Å². The monoisotopic (exact) mass is 232 g/mol. The molecule has 0 aliphatic carbocycles. The van der Waals surface area contributed by atoms with Crippen molar-refractivity contribution in [1.82, 2.24) is 9.97 Å². The van der Waals surface area contributed by atoms with Crippen LogP contribution >= 0.6 is 11.6 Å². The fourth-order valence-electron chi connectivity index (χ4n) is 1.54. The molecule has 2 rings (SSSR count). The van der Waals surface area contributed by atoms with Gasteiger partial charge in [-0.3, -0.25) is 0 Å². The van der Waals surface area contributed by atoms with Crippen LogP contribution in [0.2, 0.25) is 0 Å². The van der Waals surface area contributed by atoms with Crippen LogP contribution < -0.4 is 0 Å². The fourth-order valence-corrected chi connectivity index (χ4v) is 1.82. The van der Waals surface area contributed by atoms with E-state index in [0.29, 0.717) is 6.42 Å². The molecule has 0 saturated carbocycles. The van der Waals surface area contributed by atoms with Crippen molar-refractivity contribution in [2.24, 2.45) is 0 Å². The van der Waals surface area contributed by atoms with Gasteiger partial charge in [0, 0.05) is 18.3 Å². The van der Waals surface area contributed by atoms with E-state index in [9.17, 15) is 0 Å². The highest BCUT2D eigenvalue weighted by atomic mass is 35.5. The van der Waals surface area contributed by atoms with Crippen molar-refractivity contribution >= 4 is 11.6 Å². The quantitative estimate of drug-likeness (QED) is 0.759. The maximum Gasteiger partial charge on any atom is 0.130 e. The highest BCUT2D eigenvalue weighted by Crippen LogP contribution is 2.23. The molecule has 1 aromatic carbocycles. The van der Waals surface area contributed by atoms with Gasteiger partial charge in [0.1, 0.15) is 5.82 Å². The molecule has 16 heavy (non-hydrogen) atoms. The minimum Gasteiger partial charge on any atom is -0.241 e. The molecule has 0 bridgehead atoms. The molecule has 82 valence electrons. The molecule has 0 aliphatic heterocycles. The summed E-state index contributed by atoms with van der Waals surface area (Å²) < 4.78 is 0. The number of aromatic nitrogens is 2. The van der Waals surface area contributed by atoms with Gasteiger partial charge >= 0.3 is 0 Å². The molecule has 1 aromatic heterocycles. The third-order valence-corrected chi connectivity index (χ3v) is 2.77. The first kappa shape index (κ1) is 11.1. The highest BCUT2D eigenvalue weighted by Gasteiger charge is 2.10. The SMILES string of the molecule is Cc1ccnc(CC(Cl)c2ccccc2)n1. The van der Waals surface area contributed by atoms with Crippen molar-refractivity contribution in [3.63, 3.8) is 0 Å². The first-order chi connectivity index (χ1) is 7.75. The lowest BCUT2D eigenvalue weighted by Crippen LogP contribution is -2.01. The van der Waals surface area contributed by atoms with E-state index in [1.807, 2.05) is 43.3 Å². The zero-order valence-electron chi connectivity index (χ0n) is 9.10. The number of nitrogens with zero attached hydrogens (tertiary/aromatic N) is 2. The van der Waals surface area contributed by atoms with Crippen LogP contribution in [-0.2, 0) is 6.42 Å². The molecular weight excluding hydrogens is 220 g/mol.